The normalized spacial score (nSPS) is 8.59. The molecule has 7 nitrogen and oxygen atoms in total. The van der Waals surface area contributed by atoms with E-state index in [0.717, 1.165) is 14.2 Å². The number of hydrogen-bond donors (Lipinski definition) is 3. The van der Waals surface area contributed by atoms with Gasteiger partial charge >= 0.3 is 115 Å². The average Bonchev–Trinajstić information content (AvgIpc) is 2.54. The quantitative estimate of drug-likeness (QED) is 0.370. The van der Waals surface area contributed by atoms with Gasteiger partial charge in [0.15, 0.2) is 22.9 Å². The second-order valence-corrected chi connectivity index (χ2v) is 2.56. The first-order chi connectivity index (χ1) is 7.02. The van der Waals surface area contributed by atoms with Crippen LogP contribution in [0.1, 0.15) is 23.8 Å². The zero-order valence-corrected chi connectivity index (χ0v) is 16.3. The molecule has 17 heavy (non-hydrogen) atoms. The van der Waals surface area contributed by atoms with Crippen LogP contribution < -0.4 is 103 Å². The zero-order chi connectivity index (χ0) is 11.6. The Kier molecular flexibility index (Phi) is 10.9. The van der Waals surface area contributed by atoms with Crippen molar-refractivity contribution in [2.45, 2.75) is 0 Å². The van der Waals surface area contributed by atoms with Crippen LogP contribution >= 0.6 is 0 Å². The first-order valence-electron chi connectivity index (χ1n) is 3.83. The molecule has 1 aromatic rings. The molecular formula is C8H11K2NO6. The molecule has 1 heterocycles. The van der Waals surface area contributed by atoms with Crippen LogP contribution in [-0.2, 0) is 9.47 Å². The summed E-state index contributed by atoms with van der Waals surface area (Å²) in [5.74, 6) is -3.31. The van der Waals surface area contributed by atoms with Gasteiger partial charge in [-0.1, -0.05) is 0 Å². The molecule has 0 fully saturated rings. The van der Waals surface area contributed by atoms with E-state index in [4.69, 9.17) is 0 Å². The average molecular weight is 295 g/mol. The molecule has 86 valence electrons. The Hall–Kier alpha value is 1.09. The minimum absolute atomic E-state index is 0. The third-order valence-electron chi connectivity index (χ3n) is 1.73. The molecule has 9 heteroatoms. The Bertz CT molecular complexity index is 389. The number of rotatable bonds is 2. The second-order valence-electron chi connectivity index (χ2n) is 2.56. The van der Waals surface area contributed by atoms with Crippen LogP contribution in [0.3, 0.4) is 0 Å². The van der Waals surface area contributed by atoms with Gasteiger partial charge in [-0.15, -0.1) is 0 Å². The summed E-state index contributed by atoms with van der Waals surface area (Å²) in [7, 11) is 2.19. The van der Waals surface area contributed by atoms with E-state index in [1.54, 1.807) is 0 Å². The van der Waals surface area contributed by atoms with E-state index in [-0.39, 0.29) is 106 Å². The third-order valence-corrected chi connectivity index (χ3v) is 1.73. The van der Waals surface area contributed by atoms with Gasteiger partial charge in [-0.25, -0.2) is 9.59 Å². The largest absolute Gasteiger partial charge is 1.00 e. The molecule has 0 unspecified atom stereocenters. The standard InChI is InChI=1S/C8H9NO6.2K.2H/c1-14-7(12)3-5(10)6(11)4(9-3)8(13)15-2;;;;/h9-11H,1-2H3;;;;/q;2*+1;2*-1. The van der Waals surface area contributed by atoms with Crippen LogP contribution in [-0.4, -0.2) is 41.4 Å². The van der Waals surface area contributed by atoms with Gasteiger partial charge in [-0.05, 0) is 0 Å². The van der Waals surface area contributed by atoms with E-state index in [9.17, 15) is 19.8 Å². The number of ether oxygens (including phenoxy) is 2. The number of H-pyrrole nitrogens is 1. The van der Waals surface area contributed by atoms with Crippen molar-refractivity contribution >= 4 is 11.9 Å². The molecule has 3 N–H and O–H groups in total. The van der Waals surface area contributed by atoms with Gasteiger partial charge in [0, 0.05) is 0 Å². The van der Waals surface area contributed by atoms with E-state index in [1.807, 2.05) is 0 Å². The topological polar surface area (TPSA) is 109 Å². The van der Waals surface area contributed by atoms with Crippen molar-refractivity contribution < 1.29 is 135 Å². The number of nitrogens with one attached hydrogen (secondary N) is 1. The molecule has 1 aromatic heterocycles. The van der Waals surface area contributed by atoms with E-state index >= 15 is 0 Å². The first-order valence-corrected chi connectivity index (χ1v) is 3.83. The van der Waals surface area contributed by atoms with Crippen LogP contribution in [0.2, 0.25) is 0 Å². The van der Waals surface area contributed by atoms with Gasteiger partial charge in [0.05, 0.1) is 14.2 Å². The molecule has 0 atom stereocenters. The van der Waals surface area contributed by atoms with Crippen LogP contribution in [0.4, 0.5) is 0 Å². The van der Waals surface area contributed by atoms with E-state index < -0.39 is 34.8 Å². The Labute approximate surface area is 185 Å². The molecule has 1 rings (SSSR count). The molecule has 0 saturated carbocycles. The van der Waals surface area contributed by atoms with Crippen molar-refractivity contribution in [1.82, 2.24) is 4.98 Å². The first kappa shape index (κ1) is 20.4. The molecule has 0 aliphatic carbocycles. The van der Waals surface area contributed by atoms with Crippen LogP contribution in [0, 0.1) is 0 Å². The van der Waals surface area contributed by atoms with Gasteiger partial charge < -0.3 is 27.5 Å². The number of aromatic amines is 1. The summed E-state index contributed by atoms with van der Waals surface area (Å²) >= 11 is 0. The van der Waals surface area contributed by atoms with Gasteiger partial charge in [-0.2, -0.15) is 0 Å². The number of aromatic hydroxyl groups is 2. The summed E-state index contributed by atoms with van der Waals surface area (Å²) in [6, 6.07) is 0. The fourth-order valence-corrected chi connectivity index (χ4v) is 0.980. The number of esters is 2. The van der Waals surface area contributed by atoms with Crippen molar-refractivity contribution in [2.75, 3.05) is 14.2 Å². The van der Waals surface area contributed by atoms with Gasteiger partial charge in [0.1, 0.15) is 0 Å². The fraction of sp³-hybridized carbons (Fsp3) is 0.250. The smallest absolute Gasteiger partial charge is 1.00 e. The molecule has 0 aliphatic rings. The summed E-state index contributed by atoms with van der Waals surface area (Å²) in [6.07, 6.45) is 0. The van der Waals surface area contributed by atoms with Crippen molar-refractivity contribution in [2.24, 2.45) is 0 Å². The third kappa shape index (κ3) is 4.60. The van der Waals surface area contributed by atoms with Crippen LogP contribution in [0.5, 0.6) is 11.5 Å². The molecule has 0 radical (unpaired) electrons. The Morgan fingerprint density at radius 1 is 1.00 bits per heavy atom. The van der Waals surface area contributed by atoms with Crippen molar-refractivity contribution in [1.29, 1.82) is 0 Å². The van der Waals surface area contributed by atoms with Crippen LogP contribution in [0.25, 0.3) is 0 Å². The van der Waals surface area contributed by atoms with Gasteiger partial charge in [0.2, 0.25) is 0 Å². The number of carbonyl (C=O) groups is 2. The van der Waals surface area contributed by atoms with E-state index in [1.165, 1.54) is 0 Å². The summed E-state index contributed by atoms with van der Waals surface area (Å²) in [4.78, 5) is 24.3. The van der Waals surface area contributed by atoms with E-state index in [0.29, 0.717) is 0 Å². The minimum Gasteiger partial charge on any atom is -1.00 e. The van der Waals surface area contributed by atoms with Gasteiger partial charge in [0.25, 0.3) is 0 Å². The molecule has 0 amide bonds. The molecule has 0 saturated heterocycles. The number of hydrogen-bond acceptors (Lipinski definition) is 6. The monoisotopic (exact) mass is 295 g/mol. The van der Waals surface area contributed by atoms with Crippen molar-refractivity contribution in [3.63, 3.8) is 0 Å². The predicted molar refractivity (Wildman–Crippen MR) is 49.0 cm³/mol. The molecule has 0 bridgehead atoms. The summed E-state index contributed by atoms with van der Waals surface area (Å²) in [5.41, 5.74) is -0.814. The number of methoxy groups -OCH3 is 2. The van der Waals surface area contributed by atoms with E-state index in [2.05, 4.69) is 14.5 Å². The molecule has 0 aromatic carbocycles. The zero-order valence-electron chi connectivity index (χ0n) is 12.0. The summed E-state index contributed by atoms with van der Waals surface area (Å²) in [6.45, 7) is 0. The Morgan fingerprint density at radius 3 is 1.53 bits per heavy atom. The molecular weight excluding hydrogens is 284 g/mol. The maximum atomic E-state index is 11.0. The summed E-state index contributed by atoms with van der Waals surface area (Å²) < 4.78 is 8.61. The minimum atomic E-state index is -0.905. The van der Waals surface area contributed by atoms with Gasteiger partial charge in [-0.3, -0.25) is 0 Å². The Morgan fingerprint density at radius 2 is 1.29 bits per heavy atom. The van der Waals surface area contributed by atoms with Crippen molar-refractivity contribution in [3.05, 3.63) is 11.4 Å². The van der Waals surface area contributed by atoms with Crippen LogP contribution in [0.15, 0.2) is 0 Å². The Balaban J connectivity index is -0.000000281. The summed E-state index contributed by atoms with van der Waals surface area (Å²) in [5, 5.41) is 18.5. The molecule has 0 aliphatic heterocycles. The SMILES string of the molecule is COC(=O)c1[nH]c(C(=O)OC)c(O)c1O.[H-].[H-].[K+].[K+]. The molecule has 0 spiro atoms. The number of aromatic nitrogens is 1. The van der Waals surface area contributed by atoms with Crippen molar-refractivity contribution in [3.8, 4) is 11.5 Å². The fourth-order valence-electron chi connectivity index (χ4n) is 0.980. The second kappa shape index (κ2) is 9.07. The maximum absolute atomic E-state index is 11.0. The number of carbonyl (C=O) groups excluding carboxylic acids is 2. The maximum Gasteiger partial charge on any atom is 1.00 e. The predicted octanol–water partition coefficient (Wildman–Crippen LogP) is -5.77.